The molecule has 0 saturated carbocycles. The molecule has 5 nitrogen and oxygen atoms in total. The third kappa shape index (κ3) is 3.33. The molecule has 0 spiro atoms. The van der Waals surface area contributed by atoms with Crippen LogP contribution >= 0.6 is 0 Å². The van der Waals surface area contributed by atoms with Crippen LogP contribution in [0.3, 0.4) is 0 Å². The minimum absolute atomic E-state index is 0.0319. The number of hydrogen-bond donors (Lipinski definition) is 1. The number of benzene rings is 1. The lowest BCUT2D eigenvalue weighted by molar-refractivity contribution is -0.116. The first kappa shape index (κ1) is 15.7. The second-order valence-corrected chi connectivity index (χ2v) is 7.19. The molecule has 1 aromatic rings. The number of sulfonamides is 1. The molecule has 0 atom stereocenters. The van der Waals surface area contributed by atoms with E-state index in [1.165, 1.54) is 4.31 Å². The molecule has 0 unspecified atom stereocenters. The van der Waals surface area contributed by atoms with Crippen LogP contribution in [0.1, 0.15) is 25.8 Å². The van der Waals surface area contributed by atoms with E-state index >= 15 is 0 Å². The third-order valence-electron chi connectivity index (χ3n) is 3.41. The van der Waals surface area contributed by atoms with E-state index in [4.69, 9.17) is 0 Å². The number of nitrogens with one attached hydrogen (secondary N) is 1. The number of aryl methyl sites for hydroxylation is 1. The Kier molecular flexibility index (Phi) is 4.49. The van der Waals surface area contributed by atoms with Crippen molar-refractivity contribution in [3.8, 4) is 0 Å². The standard InChI is InChI=1S/C15H20N2O3S/c1-4-17(10-11(2)3)21(19,20)13-6-7-14-12(9-13)5-8-15(18)16-14/h6-7,9H,2,4-5,8,10H2,1,3H3,(H,16,18). The van der Waals surface area contributed by atoms with E-state index in [9.17, 15) is 13.2 Å². The number of amides is 1. The Morgan fingerprint density at radius 1 is 1.38 bits per heavy atom. The van der Waals surface area contributed by atoms with Crippen LogP contribution in [0, 0.1) is 0 Å². The van der Waals surface area contributed by atoms with Gasteiger partial charge in [-0.1, -0.05) is 19.1 Å². The van der Waals surface area contributed by atoms with Gasteiger partial charge < -0.3 is 5.32 Å². The van der Waals surface area contributed by atoms with Crippen molar-refractivity contribution in [3.05, 3.63) is 35.9 Å². The molecule has 1 amide bonds. The molecule has 1 heterocycles. The molecule has 0 saturated heterocycles. The summed E-state index contributed by atoms with van der Waals surface area (Å²) in [7, 11) is -3.53. The topological polar surface area (TPSA) is 66.5 Å². The van der Waals surface area contributed by atoms with Crippen molar-refractivity contribution in [2.45, 2.75) is 31.6 Å². The van der Waals surface area contributed by atoms with Gasteiger partial charge in [-0.3, -0.25) is 4.79 Å². The summed E-state index contributed by atoms with van der Waals surface area (Å²) in [5.41, 5.74) is 2.36. The maximum atomic E-state index is 12.6. The molecular weight excluding hydrogens is 288 g/mol. The number of nitrogens with zero attached hydrogens (tertiary/aromatic N) is 1. The van der Waals surface area contributed by atoms with Gasteiger partial charge in [-0.2, -0.15) is 4.31 Å². The van der Waals surface area contributed by atoms with Gasteiger partial charge in [0.15, 0.2) is 0 Å². The maximum absolute atomic E-state index is 12.6. The van der Waals surface area contributed by atoms with Gasteiger partial charge in [-0.05, 0) is 37.1 Å². The number of carbonyl (C=O) groups excluding carboxylic acids is 1. The first-order chi connectivity index (χ1) is 9.84. The predicted octanol–water partition coefficient (Wildman–Crippen LogP) is 2.16. The minimum atomic E-state index is -3.53. The molecular formula is C15H20N2O3S. The first-order valence-electron chi connectivity index (χ1n) is 6.92. The lowest BCUT2D eigenvalue weighted by Gasteiger charge is -2.22. The van der Waals surface area contributed by atoms with E-state index in [-0.39, 0.29) is 10.8 Å². The molecule has 0 aliphatic carbocycles. The molecule has 114 valence electrons. The van der Waals surface area contributed by atoms with Crippen molar-refractivity contribution >= 4 is 21.6 Å². The van der Waals surface area contributed by atoms with Crippen molar-refractivity contribution in [3.63, 3.8) is 0 Å². The monoisotopic (exact) mass is 308 g/mol. The molecule has 0 bridgehead atoms. The van der Waals surface area contributed by atoms with Crippen LogP contribution in [0.15, 0.2) is 35.2 Å². The molecule has 6 heteroatoms. The Hall–Kier alpha value is -1.66. The van der Waals surface area contributed by atoms with Crippen LogP contribution in [0.5, 0.6) is 0 Å². The van der Waals surface area contributed by atoms with Crippen molar-refractivity contribution < 1.29 is 13.2 Å². The molecule has 1 aliphatic rings. The highest BCUT2D eigenvalue weighted by Gasteiger charge is 2.25. The van der Waals surface area contributed by atoms with Gasteiger partial charge in [0.2, 0.25) is 15.9 Å². The Bertz CT molecular complexity index is 680. The molecule has 2 rings (SSSR count). The van der Waals surface area contributed by atoms with Crippen LogP contribution in [-0.4, -0.2) is 31.7 Å². The van der Waals surface area contributed by atoms with Gasteiger partial charge in [0.25, 0.3) is 0 Å². The van der Waals surface area contributed by atoms with Crippen LogP contribution in [-0.2, 0) is 21.2 Å². The SMILES string of the molecule is C=C(C)CN(CC)S(=O)(=O)c1ccc2c(c1)CCC(=O)N2. The van der Waals surface area contributed by atoms with E-state index in [0.29, 0.717) is 31.6 Å². The molecule has 1 N–H and O–H groups in total. The van der Waals surface area contributed by atoms with Crippen LogP contribution < -0.4 is 5.32 Å². The summed E-state index contributed by atoms with van der Waals surface area (Å²) in [6.07, 6.45) is 0.955. The van der Waals surface area contributed by atoms with E-state index in [0.717, 1.165) is 11.1 Å². The number of fused-ring (bicyclic) bond motifs is 1. The van der Waals surface area contributed by atoms with Crippen molar-refractivity contribution in [2.24, 2.45) is 0 Å². The van der Waals surface area contributed by atoms with Crippen molar-refractivity contribution in [2.75, 3.05) is 18.4 Å². The second kappa shape index (κ2) is 5.99. The highest BCUT2D eigenvalue weighted by atomic mass is 32.2. The van der Waals surface area contributed by atoms with Gasteiger partial charge in [-0.25, -0.2) is 8.42 Å². The van der Waals surface area contributed by atoms with E-state index in [1.54, 1.807) is 32.0 Å². The normalized spacial score (nSPS) is 14.7. The molecule has 1 aromatic carbocycles. The summed E-state index contributed by atoms with van der Waals surface area (Å²) in [6, 6.07) is 4.86. The van der Waals surface area contributed by atoms with Gasteiger partial charge in [0, 0.05) is 25.2 Å². The molecule has 0 aromatic heterocycles. The van der Waals surface area contributed by atoms with Crippen LogP contribution in [0.4, 0.5) is 5.69 Å². The summed E-state index contributed by atoms with van der Waals surface area (Å²) in [5, 5.41) is 2.75. The summed E-state index contributed by atoms with van der Waals surface area (Å²) in [6.45, 7) is 8.09. The number of hydrogen-bond acceptors (Lipinski definition) is 3. The summed E-state index contributed by atoms with van der Waals surface area (Å²) in [5.74, 6) is -0.0319. The summed E-state index contributed by atoms with van der Waals surface area (Å²) < 4.78 is 26.7. The fourth-order valence-electron chi connectivity index (χ4n) is 2.34. The minimum Gasteiger partial charge on any atom is -0.326 e. The van der Waals surface area contributed by atoms with Crippen LogP contribution in [0.25, 0.3) is 0 Å². The zero-order valence-electron chi connectivity index (χ0n) is 12.3. The second-order valence-electron chi connectivity index (χ2n) is 5.26. The molecule has 21 heavy (non-hydrogen) atoms. The number of anilines is 1. The lowest BCUT2D eigenvalue weighted by atomic mass is 10.0. The molecule has 0 fully saturated rings. The van der Waals surface area contributed by atoms with Gasteiger partial charge >= 0.3 is 0 Å². The lowest BCUT2D eigenvalue weighted by Crippen LogP contribution is -2.32. The Labute approximate surface area is 125 Å². The summed E-state index contributed by atoms with van der Waals surface area (Å²) in [4.78, 5) is 11.6. The van der Waals surface area contributed by atoms with Crippen molar-refractivity contribution in [1.29, 1.82) is 0 Å². The number of likely N-dealkylation sites (N-methyl/N-ethyl adjacent to an activating group) is 1. The van der Waals surface area contributed by atoms with Gasteiger partial charge in [-0.15, -0.1) is 0 Å². The van der Waals surface area contributed by atoms with Gasteiger partial charge in [0.1, 0.15) is 0 Å². The largest absolute Gasteiger partial charge is 0.326 e. The fraction of sp³-hybridized carbons (Fsp3) is 0.400. The predicted molar refractivity (Wildman–Crippen MR) is 82.6 cm³/mol. The maximum Gasteiger partial charge on any atom is 0.243 e. The first-order valence-corrected chi connectivity index (χ1v) is 8.36. The Balaban J connectivity index is 2.36. The fourth-order valence-corrected chi connectivity index (χ4v) is 3.90. The highest BCUT2D eigenvalue weighted by molar-refractivity contribution is 7.89. The van der Waals surface area contributed by atoms with Gasteiger partial charge in [0.05, 0.1) is 4.90 Å². The Morgan fingerprint density at radius 2 is 2.10 bits per heavy atom. The number of carbonyl (C=O) groups is 1. The van der Waals surface area contributed by atoms with E-state index in [1.807, 2.05) is 0 Å². The zero-order valence-corrected chi connectivity index (χ0v) is 13.2. The highest BCUT2D eigenvalue weighted by Crippen LogP contribution is 2.27. The number of rotatable bonds is 5. The smallest absolute Gasteiger partial charge is 0.243 e. The zero-order chi connectivity index (χ0) is 15.6. The quantitative estimate of drug-likeness (QED) is 0.848. The van der Waals surface area contributed by atoms with E-state index < -0.39 is 10.0 Å². The third-order valence-corrected chi connectivity index (χ3v) is 5.33. The van der Waals surface area contributed by atoms with Crippen molar-refractivity contribution in [1.82, 2.24) is 4.31 Å². The summed E-state index contributed by atoms with van der Waals surface area (Å²) >= 11 is 0. The Morgan fingerprint density at radius 3 is 2.71 bits per heavy atom. The molecule has 1 aliphatic heterocycles. The van der Waals surface area contributed by atoms with Crippen LogP contribution in [0.2, 0.25) is 0 Å². The van der Waals surface area contributed by atoms with E-state index in [2.05, 4.69) is 11.9 Å². The molecule has 0 radical (unpaired) electrons. The average molecular weight is 308 g/mol. The average Bonchev–Trinajstić information content (AvgIpc) is 2.43.